The molecule has 1 amide bonds. The molecule has 0 radical (unpaired) electrons. The van der Waals surface area contributed by atoms with Gasteiger partial charge in [0.1, 0.15) is 11.4 Å². The minimum absolute atomic E-state index is 0.103. The van der Waals surface area contributed by atoms with E-state index in [1.807, 2.05) is 96.2 Å². The number of rotatable bonds is 8. The number of ether oxygens (including phenoxy) is 1. The Balaban J connectivity index is 1.52. The second-order valence-electron chi connectivity index (χ2n) is 11.7. The fraction of sp³-hybridized carbons (Fsp3) is 0.333. The van der Waals surface area contributed by atoms with Crippen LogP contribution in [0.5, 0.6) is 0 Å². The predicted octanol–water partition coefficient (Wildman–Crippen LogP) is 8.04. The molecule has 5 nitrogen and oxygen atoms in total. The van der Waals surface area contributed by atoms with Crippen molar-refractivity contribution in [2.75, 3.05) is 11.4 Å². The number of esters is 1. The molecule has 0 spiro atoms. The van der Waals surface area contributed by atoms with Crippen molar-refractivity contribution in [1.82, 2.24) is 5.32 Å². The monoisotopic (exact) mass is 568 g/mol. The van der Waals surface area contributed by atoms with E-state index in [-0.39, 0.29) is 17.8 Å². The number of amides is 1. The van der Waals surface area contributed by atoms with E-state index in [1.165, 1.54) is 6.07 Å². The summed E-state index contributed by atoms with van der Waals surface area (Å²) < 4.78 is 21.1. The number of carbonyl (C=O) groups excluding carboxylic acids is 2. The van der Waals surface area contributed by atoms with Gasteiger partial charge in [0.05, 0.1) is 11.6 Å². The molecule has 0 bridgehead atoms. The number of carbonyl (C=O) groups is 2. The standard InChI is InChI=1S/C36H41FN2O3/c1-7-12-25(8-2)24(3)38-34(40)28-18-19-33-27(21-28)13-11-20-39(33)23-29-17-16-26(22-32(29)37)30-14-9-10-15-31(30)35(41)42-36(4,5)6/h7-10,12,14-19,21-22,24H,11,13,20,23H2,1-6H3,(H,38,40). The minimum atomic E-state index is -0.630. The van der Waals surface area contributed by atoms with Crippen molar-refractivity contribution in [3.05, 3.63) is 113 Å². The molecule has 0 aromatic heterocycles. The van der Waals surface area contributed by atoms with Gasteiger partial charge in [0.15, 0.2) is 0 Å². The average molecular weight is 569 g/mol. The maximum Gasteiger partial charge on any atom is 0.339 e. The lowest BCUT2D eigenvalue weighted by molar-refractivity contribution is 0.00703. The molecule has 1 heterocycles. The largest absolute Gasteiger partial charge is 0.456 e. The molecule has 1 atom stereocenters. The number of allylic oxidation sites excluding steroid dienone is 2. The number of hydrogen-bond acceptors (Lipinski definition) is 4. The van der Waals surface area contributed by atoms with Gasteiger partial charge < -0.3 is 15.0 Å². The van der Waals surface area contributed by atoms with Crippen molar-refractivity contribution >= 4 is 17.6 Å². The van der Waals surface area contributed by atoms with Gasteiger partial charge in [0.25, 0.3) is 5.91 Å². The van der Waals surface area contributed by atoms with Gasteiger partial charge in [-0.3, -0.25) is 4.79 Å². The van der Waals surface area contributed by atoms with Crippen LogP contribution in [0.2, 0.25) is 0 Å². The number of benzene rings is 3. The Morgan fingerprint density at radius 1 is 1.07 bits per heavy atom. The molecular weight excluding hydrogens is 527 g/mol. The first-order valence-corrected chi connectivity index (χ1v) is 14.6. The number of halogens is 1. The number of anilines is 1. The Hall–Kier alpha value is -4.19. The van der Waals surface area contributed by atoms with Gasteiger partial charge in [-0.05, 0) is 107 Å². The van der Waals surface area contributed by atoms with Crippen molar-refractivity contribution in [2.24, 2.45) is 0 Å². The lowest BCUT2D eigenvalue weighted by Gasteiger charge is -2.32. The van der Waals surface area contributed by atoms with Crippen LogP contribution >= 0.6 is 0 Å². The molecule has 4 rings (SSSR count). The Kier molecular flexibility index (Phi) is 9.66. The fourth-order valence-electron chi connectivity index (χ4n) is 5.32. The summed E-state index contributed by atoms with van der Waals surface area (Å²) in [5.74, 6) is -0.876. The topological polar surface area (TPSA) is 58.6 Å². The molecule has 3 aromatic rings. The smallest absolute Gasteiger partial charge is 0.339 e. The molecule has 42 heavy (non-hydrogen) atoms. The minimum Gasteiger partial charge on any atom is -0.456 e. The summed E-state index contributed by atoms with van der Waals surface area (Å²) in [6.07, 6.45) is 7.75. The average Bonchev–Trinajstić information content (AvgIpc) is 2.95. The van der Waals surface area contributed by atoms with Crippen LogP contribution in [0.25, 0.3) is 11.1 Å². The Bertz CT molecular complexity index is 1520. The third-order valence-corrected chi connectivity index (χ3v) is 7.37. The van der Waals surface area contributed by atoms with E-state index in [0.717, 1.165) is 36.2 Å². The second kappa shape index (κ2) is 13.2. The summed E-state index contributed by atoms with van der Waals surface area (Å²) >= 11 is 0. The Morgan fingerprint density at radius 2 is 1.83 bits per heavy atom. The molecule has 3 aromatic carbocycles. The van der Waals surface area contributed by atoms with E-state index in [1.54, 1.807) is 18.2 Å². The molecule has 6 heteroatoms. The van der Waals surface area contributed by atoms with Crippen LogP contribution in [0.15, 0.2) is 84.5 Å². The third kappa shape index (κ3) is 7.35. The van der Waals surface area contributed by atoms with Gasteiger partial charge in [-0.1, -0.05) is 48.6 Å². The van der Waals surface area contributed by atoms with Crippen LogP contribution in [-0.2, 0) is 17.7 Å². The summed E-state index contributed by atoms with van der Waals surface area (Å²) in [5, 5.41) is 3.09. The highest BCUT2D eigenvalue weighted by atomic mass is 19.1. The van der Waals surface area contributed by atoms with E-state index in [2.05, 4.69) is 10.2 Å². The molecule has 220 valence electrons. The van der Waals surface area contributed by atoms with E-state index < -0.39 is 11.6 Å². The molecular formula is C36H41FN2O3. The number of fused-ring (bicyclic) bond motifs is 1. The Morgan fingerprint density at radius 3 is 2.52 bits per heavy atom. The van der Waals surface area contributed by atoms with Crippen molar-refractivity contribution < 1.29 is 18.7 Å². The quantitative estimate of drug-likeness (QED) is 0.221. The predicted molar refractivity (Wildman–Crippen MR) is 168 cm³/mol. The van der Waals surface area contributed by atoms with Crippen LogP contribution in [-0.4, -0.2) is 30.1 Å². The van der Waals surface area contributed by atoms with Gasteiger partial charge in [-0.2, -0.15) is 0 Å². The van der Waals surface area contributed by atoms with E-state index >= 15 is 4.39 Å². The molecule has 1 aliphatic rings. The number of nitrogens with zero attached hydrogens (tertiary/aromatic N) is 1. The molecule has 1 N–H and O–H groups in total. The zero-order valence-electron chi connectivity index (χ0n) is 25.5. The van der Waals surface area contributed by atoms with E-state index in [0.29, 0.717) is 34.4 Å². The molecule has 1 aliphatic heterocycles. The highest BCUT2D eigenvalue weighted by Crippen LogP contribution is 2.32. The molecule has 0 aliphatic carbocycles. The van der Waals surface area contributed by atoms with Crippen molar-refractivity contribution in [3.8, 4) is 11.1 Å². The van der Waals surface area contributed by atoms with Gasteiger partial charge in [0, 0.05) is 29.9 Å². The van der Waals surface area contributed by atoms with Gasteiger partial charge in [-0.15, -0.1) is 0 Å². The van der Waals surface area contributed by atoms with Gasteiger partial charge in [-0.25, -0.2) is 9.18 Å². The molecule has 1 unspecified atom stereocenters. The van der Waals surface area contributed by atoms with Crippen molar-refractivity contribution in [2.45, 2.75) is 72.6 Å². The lowest BCUT2D eigenvalue weighted by atomic mass is 9.96. The summed E-state index contributed by atoms with van der Waals surface area (Å²) in [7, 11) is 0. The second-order valence-corrected chi connectivity index (χ2v) is 11.7. The van der Waals surface area contributed by atoms with Crippen LogP contribution in [0.4, 0.5) is 10.1 Å². The molecule has 0 saturated carbocycles. The summed E-state index contributed by atoms with van der Waals surface area (Å²) in [6.45, 7) is 12.6. The van der Waals surface area contributed by atoms with Crippen LogP contribution < -0.4 is 10.2 Å². The summed E-state index contributed by atoms with van der Waals surface area (Å²) in [4.78, 5) is 28.0. The van der Waals surface area contributed by atoms with E-state index in [9.17, 15) is 9.59 Å². The summed E-state index contributed by atoms with van der Waals surface area (Å²) in [6, 6.07) is 17.9. The highest BCUT2D eigenvalue weighted by Gasteiger charge is 2.23. The number of aryl methyl sites for hydroxylation is 1. The summed E-state index contributed by atoms with van der Waals surface area (Å²) in [5.41, 5.74) is 5.38. The maximum absolute atomic E-state index is 15.5. The van der Waals surface area contributed by atoms with Crippen molar-refractivity contribution in [3.63, 3.8) is 0 Å². The van der Waals surface area contributed by atoms with Gasteiger partial charge >= 0.3 is 5.97 Å². The number of hydrogen-bond donors (Lipinski definition) is 1. The fourth-order valence-corrected chi connectivity index (χ4v) is 5.32. The first-order chi connectivity index (χ1) is 20.0. The van der Waals surface area contributed by atoms with Crippen LogP contribution in [0, 0.1) is 5.82 Å². The first-order valence-electron chi connectivity index (χ1n) is 14.6. The Labute approximate surface area is 249 Å². The van der Waals surface area contributed by atoms with Crippen molar-refractivity contribution in [1.29, 1.82) is 0 Å². The zero-order chi connectivity index (χ0) is 30.4. The van der Waals surface area contributed by atoms with Gasteiger partial charge in [0.2, 0.25) is 0 Å². The normalized spacial score (nSPS) is 14.5. The lowest BCUT2D eigenvalue weighted by Crippen LogP contribution is -2.34. The molecule has 0 fully saturated rings. The van der Waals surface area contributed by atoms with E-state index in [4.69, 9.17) is 4.74 Å². The zero-order valence-corrected chi connectivity index (χ0v) is 25.5. The molecule has 0 saturated heterocycles. The van der Waals surface area contributed by atoms with Crippen LogP contribution in [0.3, 0.4) is 0 Å². The first kappa shape index (κ1) is 30.8. The SMILES string of the molecule is CC=CC(=CC)C(C)NC(=O)c1ccc2c(c1)CCCN2Cc1ccc(-c2ccccc2C(=O)OC(C)(C)C)cc1F. The van der Waals surface area contributed by atoms with Crippen LogP contribution in [0.1, 0.15) is 79.8 Å². The maximum atomic E-state index is 15.5. The number of nitrogens with one attached hydrogen (secondary N) is 1. The highest BCUT2D eigenvalue weighted by molar-refractivity contribution is 5.97. The third-order valence-electron chi connectivity index (χ3n) is 7.37.